The number of carbonyl (C=O) groups is 1. The van der Waals surface area contributed by atoms with Gasteiger partial charge in [-0.15, -0.1) is 0 Å². The number of benzene rings is 2. The van der Waals surface area contributed by atoms with Crippen molar-refractivity contribution in [3.8, 4) is 6.07 Å². The van der Waals surface area contributed by atoms with Gasteiger partial charge in [-0.25, -0.2) is 4.39 Å². The maximum absolute atomic E-state index is 14.0. The van der Waals surface area contributed by atoms with Gasteiger partial charge in [0.05, 0.1) is 17.2 Å². The van der Waals surface area contributed by atoms with Gasteiger partial charge < -0.3 is 4.90 Å². The molecular weight excluding hydrogens is 255 g/mol. The number of hydrogen-bond donors (Lipinski definition) is 0. The van der Waals surface area contributed by atoms with Gasteiger partial charge in [-0.05, 0) is 42.8 Å². The molecule has 4 heteroatoms. The first kappa shape index (κ1) is 13.8. The van der Waals surface area contributed by atoms with E-state index in [0.29, 0.717) is 16.8 Å². The van der Waals surface area contributed by atoms with Crippen molar-refractivity contribution >= 4 is 11.6 Å². The number of anilines is 1. The molecule has 0 radical (unpaired) electrons. The lowest BCUT2D eigenvalue weighted by Gasteiger charge is -2.18. The minimum absolute atomic E-state index is 0.0388. The average Bonchev–Trinajstić information content (AvgIpc) is 2.48. The molecule has 0 aliphatic carbocycles. The fourth-order valence-electron chi connectivity index (χ4n) is 1.87. The van der Waals surface area contributed by atoms with Gasteiger partial charge >= 0.3 is 0 Å². The second-order valence-corrected chi connectivity index (χ2v) is 4.46. The first-order valence-corrected chi connectivity index (χ1v) is 6.08. The number of rotatable bonds is 2. The largest absolute Gasteiger partial charge is 0.311 e. The smallest absolute Gasteiger partial charge is 0.260 e. The highest BCUT2D eigenvalue weighted by atomic mass is 19.1. The molecule has 0 aliphatic heterocycles. The molecule has 3 nitrogen and oxygen atoms in total. The van der Waals surface area contributed by atoms with E-state index >= 15 is 0 Å². The topological polar surface area (TPSA) is 44.1 Å². The Hall–Kier alpha value is -2.67. The van der Waals surface area contributed by atoms with E-state index in [1.54, 1.807) is 50.4 Å². The van der Waals surface area contributed by atoms with E-state index in [2.05, 4.69) is 0 Å². The van der Waals surface area contributed by atoms with Crippen molar-refractivity contribution in [2.24, 2.45) is 0 Å². The van der Waals surface area contributed by atoms with Crippen molar-refractivity contribution in [1.29, 1.82) is 5.26 Å². The fraction of sp³-hybridized carbons (Fsp3) is 0.125. The molecule has 0 aliphatic rings. The van der Waals surface area contributed by atoms with Crippen LogP contribution in [0.4, 0.5) is 10.1 Å². The minimum atomic E-state index is -0.502. The van der Waals surface area contributed by atoms with Gasteiger partial charge in [0.15, 0.2) is 0 Å². The first-order valence-electron chi connectivity index (χ1n) is 6.08. The van der Waals surface area contributed by atoms with E-state index in [-0.39, 0.29) is 5.56 Å². The van der Waals surface area contributed by atoms with Crippen LogP contribution in [0.5, 0.6) is 0 Å². The second-order valence-electron chi connectivity index (χ2n) is 4.46. The van der Waals surface area contributed by atoms with E-state index in [4.69, 9.17) is 5.26 Å². The number of carbonyl (C=O) groups excluding carboxylic acids is 1. The molecule has 100 valence electrons. The standard InChI is InChI=1S/C16H13FN2O/c1-11-4-3-5-14(15(11)17)16(20)19(2)13-8-6-12(10-18)7-9-13/h3-9H,1-2H3. The molecule has 0 fully saturated rings. The molecule has 0 N–H and O–H groups in total. The average molecular weight is 268 g/mol. The zero-order valence-electron chi connectivity index (χ0n) is 11.2. The molecule has 0 saturated carbocycles. The van der Waals surface area contributed by atoms with Crippen LogP contribution in [0, 0.1) is 24.1 Å². The van der Waals surface area contributed by atoms with Crippen LogP contribution in [0.2, 0.25) is 0 Å². The van der Waals surface area contributed by atoms with Crippen LogP contribution in [0.25, 0.3) is 0 Å². The Morgan fingerprint density at radius 2 is 1.85 bits per heavy atom. The van der Waals surface area contributed by atoms with Crippen LogP contribution in [0.1, 0.15) is 21.5 Å². The minimum Gasteiger partial charge on any atom is -0.311 e. The predicted octanol–water partition coefficient (Wildman–Crippen LogP) is 3.28. The van der Waals surface area contributed by atoms with Crippen molar-refractivity contribution in [3.05, 3.63) is 65.0 Å². The summed E-state index contributed by atoms with van der Waals surface area (Å²) in [6.07, 6.45) is 0. The van der Waals surface area contributed by atoms with E-state index in [1.807, 2.05) is 6.07 Å². The Morgan fingerprint density at radius 1 is 1.20 bits per heavy atom. The highest BCUT2D eigenvalue weighted by Gasteiger charge is 2.18. The van der Waals surface area contributed by atoms with Crippen molar-refractivity contribution in [3.63, 3.8) is 0 Å². The maximum Gasteiger partial charge on any atom is 0.260 e. The number of hydrogen-bond acceptors (Lipinski definition) is 2. The van der Waals surface area contributed by atoms with E-state index in [1.165, 1.54) is 11.0 Å². The highest BCUT2D eigenvalue weighted by Crippen LogP contribution is 2.19. The first-order chi connectivity index (χ1) is 9.54. The summed E-state index contributed by atoms with van der Waals surface area (Å²) in [6.45, 7) is 1.62. The molecule has 0 saturated heterocycles. The van der Waals surface area contributed by atoms with Crippen molar-refractivity contribution < 1.29 is 9.18 Å². The van der Waals surface area contributed by atoms with Crippen molar-refractivity contribution in [1.82, 2.24) is 0 Å². The Kier molecular flexibility index (Phi) is 3.81. The quantitative estimate of drug-likeness (QED) is 0.839. The summed E-state index contributed by atoms with van der Waals surface area (Å²) < 4.78 is 14.0. The Balaban J connectivity index is 2.32. The molecule has 0 heterocycles. The third-order valence-electron chi connectivity index (χ3n) is 3.11. The third kappa shape index (κ3) is 2.52. The van der Waals surface area contributed by atoms with E-state index < -0.39 is 11.7 Å². The van der Waals surface area contributed by atoms with Gasteiger partial charge in [0.25, 0.3) is 5.91 Å². The fourth-order valence-corrected chi connectivity index (χ4v) is 1.87. The summed E-state index contributed by atoms with van der Waals surface area (Å²) in [7, 11) is 1.57. The summed E-state index contributed by atoms with van der Waals surface area (Å²) in [5.74, 6) is -0.922. The zero-order valence-corrected chi connectivity index (χ0v) is 11.2. The van der Waals surface area contributed by atoms with E-state index in [0.717, 1.165) is 0 Å². The number of halogens is 1. The van der Waals surface area contributed by atoms with E-state index in [9.17, 15) is 9.18 Å². The van der Waals surface area contributed by atoms with Crippen LogP contribution >= 0.6 is 0 Å². The van der Waals surface area contributed by atoms with Gasteiger partial charge in [-0.1, -0.05) is 12.1 Å². The van der Waals surface area contributed by atoms with Crippen molar-refractivity contribution in [2.75, 3.05) is 11.9 Å². The van der Waals surface area contributed by atoms with Gasteiger partial charge in [0, 0.05) is 12.7 Å². The van der Waals surface area contributed by atoms with Crippen LogP contribution in [0.3, 0.4) is 0 Å². The lowest BCUT2D eigenvalue weighted by atomic mass is 10.1. The summed E-state index contributed by atoms with van der Waals surface area (Å²) in [4.78, 5) is 13.7. The van der Waals surface area contributed by atoms with Crippen molar-refractivity contribution in [2.45, 2.75) is 6.92 Å². The maximum atomic E-state index is 14.0. The molecule has 2 rings (SSSR count). The predicted molar refractivity (Wildman–Crippen MR) is 75.0 cm³/mol. The van der Waals surface area contributed by atoms with Crippen LogP contribution in [-0.2, 0) is 0 Å². The molecule has 2 aromatic carbocycles. The molecule has 1 amide bonds. The molecule has 2 aromatic rings. The molecule has 0 unspecified atom stereocenters. The van der Waals surface area contributed by atoms with Gasteiger partial charge in [-0.2, -0.15) is 5.26 Å². The SMILES string of the molecule is Cc1cccc(C(=O)N(C)c2ccc(C#N)cc2)c1F. The van der Waals surface area contributed by atoms with Gasteiger partial charge in [0.1, 0.15) is 5.82 Å². The van der Waals surface area contributed by atoms with Gasteiger partial charge in [-0.3, -0.25) is 4.79 Å². The molecule has 0 spiro atoms. The van der Waals surface area contributed by atoms with Crippen LogP contribution in [0.15, 0.2) is 42.5 Å². The lowest BCUT2D eigenvalue weighted by molar-refractivity contribution is 0.0989. The molecule has 0 bridgehead atoms. The molecule has 0 aromatic heterocycles. The third-order valence-corrected chi connectivity index (χ3v) is 3.11. The number of nitriles is 1. The monoisotopic (exact) mass is 268 g/mol. The van der Waals surface area contributed by atoms with Crippen LogP contribution in [-0.4, -0.2) is 13.0 Å². The second kappa shape index (κ2) is 5.54. The number of aryl methyl sites for hydroxylation is 1. The Morgan fingerprint density at radius 3 is 2.45 bits per heavy atom. The summed E-state index contributed by atoms with van der Waals surface area (Å²) in [5, 5.41) is 8.74. The Bertz CT molecular complexity index is 687. The number of amides is 1. The Labute approximate surface area is 116 Å². The highest BCUT2D eigenvalue weighted by molar-refractivity contribution is 6.06. The van der Waals surface area contributed by atoms with Crippen LogP contribution < -0.4 is 4.90 Å². The van der Waals surface area contributed by atoms with Gasteiger partial charge in [0.2, 0.25) is 0 Å². The zero-order chi connectivity index (χ0) is 14.7. The molecule has 0 atom stereocenters. The summed E-state index contributed by atoms with van der Waals surface area (Å²) in [6, 6.07) is 13.3. The molecular formula is C16H13FN2O. The lowest BCUT2D eigenvalue weighted by Crippen LogP contribution is -2.27. The number of nitrogens with zero attached hydrogens (tertiary/aromatic N) is 2. The normalized spacial score (nSPS) is 9.90. The summed E-state index contributed by atoms with van der Waals surface area (Å²) >= 11 is 0. The summed E-state index contributed by atoms with van der Waals surface area (Å²) in [5.41, 5.74) is 1.59. The molecule has 20 heavy (non-hydrogen) atoms.